The Kier molecular flexibility index (Phi) is 4.64. The highest BCUT2D eigenvalue weighted by atomic mass is 16.6. The number of amides is 1. The molecule has 0 aliphatic rings. The quantitative estimate of drug-likeness (QED) is 0.753. The van der Waals surface area contributed by atoms with Crippen LogP contribution in [0.25, 0.3) is 17.8 Å². The minimum Gasteiger partial charge on any atom is -0.444 e. The lowest BCUT2D eigenvalue weighted by molar-refractivity contribution is 0.0634. The largest absolute Gasteiger partial charge is 0.444 e. The van der Waals surface area contributed by atoms with Gasteiger partial charge in [-0.05, 0) is 46.8 Å². The van der Waals surface area contributed by atoms with E-state index in [1.165, 1.54) is 4.68 Å². The summed E-state index contributed by atoms with van der Waals surface area (Å²) >= 11 is 0. The second kappa shape index (κ2) is 6.78. The van der Waals surface area contributed by atoms with E-state index in [2.05, 4.69) is 30.5 Å². The van der Waals surface area contributed by atoms with Crippen molar-refractivity contribution < 1.29 is 9.53 Å². The molecular formula is C17H22N8O2. The number of aromatic nitrogens is 7. The van der Waals surface area contributed by atoms with Gasteiger partial charge in [-0.2, -0.15) is 4.98 Å². The Morgan fingerprint density at radius 3 is 2.59 bits per heavy atom. The van der Waals surface area contributed by atoms with Crippen LogP contribution in [-0.4, -0.2) is 46.0 Å². The lowest BCUT2D eigenvalue weighted by Gasteiger charge is -2.18. The van der Waals surface area contributed by atoms with E-state index in [0.717, 1.165) is 11.4 Å². The fourth-order valence-electron chi connectivity index (χ4n) is 2.32. The summed E-state index contributed by atoms with van der Waals surface area (Å²) in [4.78, 5) is 24.8. The predicted molar refractivity (Wildman–Crippen MR) is 100 cm³/mol. The number of rotatable bonds is 3. The molecule has 1 N–H and O–H groups in total. The first-order chi connectivity index (χ1) is 12.6. The van der Waals surface area contributed by atoms with Crippen LogP contribution in [-0.2, 0) is 11.8 Å². The molecule has 0 atom stereocenters. The first-order valence-corrected chi connectivity index (χ1v) is 8.40. The third-order valence-electron chi connectivity index (χ3n) is 3.52. The van der Waals surface area contributed by atoms with Crippen LogP contribution < -0.4 is 5.32 Å². The first-order valence-electron chi connectivity index (χ1n) is 8.40. The summed E-state index contributed by atoms with van der Waals surface area (Å²) < 4.78 is 8.47. The average Bonchev–Trinajstić information content (AvgIpc) is 3.11. The third kappa shape index (κ3) is 4.27. The molecule has 142 valence electrons. The van der Waals surface area contributed by atoms with E-state index in [0.29, 0.717) is 17.3 Å². The zero-order chi connectivity index (χ0) is 19.8. The van der Waals surface area contributed by atoms with Crippen LogP contribution in [0.1, 0.15) is 43.8 Å². The Hall–Kier alpha value is -3.30. The van der Waals surface area contributed by atoms with Gasteiger partial charge in [-0.15, -0.1) is 10.2 Å². The molecule has 0 fully saturated rings. The summed E-state index contributed by atoms with van der Waals surface area (Å²) in [7, 11) is 1.72. The number of carbonyl (C=O) groups is 1. The van der Waals surface area contributed by atoms with Crippen molar-refractivity contribution >= 4 is 29.8 Å². The summed E-state index contributed by atoms with van der Waals surface area (Å²) in [6.45, 7) is 9.15. The molecule has 10 nitrogen and oxygen atoms in total. The molecule has 3 aromatic heterocycles. The highest BCUT2D eigenvalue weighted by Gasteiger charge is 2.18. The van der Waals surface area contributed by atoms with E-state index in [1.807, 2.05) is 13.8 Å². The van der Waals surface area contributed by atoms with Gasteiger partial charge in [0.1, 0.15) is 5.60 Å². The number of hydrogen-bond donors (Lipinski definition) is 1. The van der Waals surface area contributed by atoms with Crippen LogP contribution in [0.3, 0.4) is 0 Å². The molecule has 0 saturated carbocycles. The number of nitrogens with zero attached hydrogens (tertiary/aromatic N) is 7. The lowest BCUT2D eigenvalue weighted by atomic mass is 10.2. The van der Waals surface area contributed by atoms with Gasteiger partial charge in [-0.25, -0.2) is 19.0 Å². The molecule has 10 heteroatoms. The minimum atomic E-state index is -0.607. The van der Waals surface area contributed by atoms with Gasteiger partial charge >= 0.3 is 6.09 Å². The van der Waals surface area contributed by atoms with Gasteiger partial charge in [0, 0.05) is 13.2 Å². The summed E-state index contributed by atoms with van der Waals surface area (Å²) in [5.41, 5.74) is 1.81. The molecule has 0 aliphatic heterocycles. The van der Waals surface area contributed by atoms with E-state index < -0.39 is 11.7 Å². The zero-order valence-electron chi connectivity index (χ0n) is 16.2. The number of anilines is 1. The number of hydrogen-bond acceptors (Lipinski definition) is 7. The Morgan fingerprint density at radius 1 is 1.19 bits per heavy atom. The van der Waals surface area contributed by atoms with Crippen molar-refractivity contribution in [2.24, 2.45) is 7.05 Å². The highest BCUT2D eigenvalue weighted by molar-refractivity contribution is 5.82. The van der Waals surface area contributed by atoms with Gasteiger partial charge in [0.2, 0.25) is 0 Å². The van der Waals surface area contributed by atoms with Crippen molar-refractivity contribution in [3.05, 3.63) is 29.2 Å². The molecule has 3 rings (SSSR count). The second-order valence-electron chi connectivity index (χ2n) is 7.07. The summed E-state index contributed by atoms with van der Waals surface area (Å²) in [6, 6.07) is 0. The van der Waals surface area contributed by atoms with Gasteiger partial charge in [-0.1, -0.05) is 0 Å². The van der Waals surface area contributed by atoms with Crippen molar-refractivity contribution in [2.75, 3.05) is 5.32 Å². The molecule has 3 aromatic rings. The Labute approximate surface area is 156 Å². The predicted octanol–water partition coefficient (Wildman–Crippen LogP) is 2.39. The monoisotopic (exact) mass is 370 g/mol. The molecule has 0 spiro atoms. The third-order valence-corrected chi connectivity index (χ3v) is 3.52. The molecule has 0 bridgehead atoms. The minimum absolute atomic E-state index is 0.158. The fraction of sp³-hybridized carbons (Fsp3) is 0.412. The first kappa shape index (κ1) is 18.5. The number of fused-ring (bicyclic) bond motifs is 1. The van der Waals surface area contributed by atoms with Crippen LogP contribution in [0.5, 0.6) is 0 Å². The summed E-state index contributed by atoms with van der Waals surface area (Å²) in [5, 5.41) is 11.1. The summed E-state index contributed by atoms with van der Waals surface area (Å²) in [6.07, 6.45) is 4.60. The lowest BCUT2D eigenvalue weighted by Crippen LogP contribution is -2.27. The van der Waals surface area contributed by atoms with Gasteiger partial charge in [0.15, 0.2) is 17.3 Å². The van der Waals surface area contributed by atoms with Gasteiger partial charge < -0.3 is 4.74 Å². The maximum atomic E-state index is 11.8. The van der Waals surface area contributed by atoms with Gasteiger partial charge in [-0.3, -0.25) is 10.3 Å². The Bertz CT molecular complexity index is 987. The summed E-state index contributed by atoms with van der Waals surface area (Å²) in [5.74, 6) is 1.22. The van der Waals surface area contributed by atoms with Crippen LogP contribution in [0.4, 0.5) is 10.7 Å². The van der Waals surface area contributed by atoms with E-state index in [9.17, 15) is 4.79 Å². The molecule has 0 aromatic carbocycles. The molecule has 1 amide bonds. The highest BCUT2D eigenvalue weighted by Crippen LogP contribution is 2.12. The zero-order valence-corrected chi connectivity index (χ0v) is 16.2. The number of aryl methyl sites for hydroxylation is 3. The number of ether oxygens (including phenoxy) is 1. The van der Waals surface area contributed by atoms with Crippen LogP contribution >= 0.6 is 0 Å². The fourth-order valence-corrected chi connectivity index (χ4v) is 2.32. The molecule has 0 saturated heterocycles. The number of nitrogens with one attached hydrogen (secondary N) is 1. The number of carbonyl (C=O) groups excluding carboxylic acids is 1. The van der Waals surface area contributed by atoms with E-state index in [4.69, 9.17) is 4.74 Å². The topological polar surface area (TPSA) is 112 Å². The average molecular weight is 370 g/mol. The molecular weight excluding hydrogens is 348 g/mol. The van der Waals surface area contributed by atoms with Crippen LogP contribution in [0.15, 0.2) is 6.20 Å². The van der Waals surface area contributed by atoms with Crippen molar-refractivity contribution in [3.63, 3.8) is 0 Å². The molecule has 0 radical (unpaired) electrons. The van der Waals surface area contributed by atoms with Crippen molar-refractivity contribution in [2.45, 2.75) is 40.2 Å². The molecule has 0 unspecified atom stereocenters. The van der Waals surface area contributed by atoms with E-state index in [-0.39, 0.29) is 5.95 Å². The van der Waals surface area contributed by atoms with Crippen LogP contribution in [0, 0.1) is 13.8 Å². The maximum Gasteiger partial charge on any atom is 0.414 e. The smallest absolute Gasteiger partial charge is 0.414 e. The van der Waals surface area contributed by atoms with Gasteiger partial charge in [0.05, 0.1) is 11.4 Å². The van der Waals surface area contributed by atoms with Crippen LogP contribution in [0.2, 0.25) is 0 Å². The van der Waals surface area contributed by atoms with Crippen molar-refractivity contribution in [1.82, 2.24) is 34.3 Å². The van der Waals surface area contributed by atoms with E-state index in [1.54, 1.807) is 50.7 Å². The Morgan fingerprint density at radius 2 is 1.93 bits per heavy atom. The normalized spacial score (nSPS) is 12.1. The van der Waals surface area contributed by atoms with Crippen molar-refractivity contribution in [1.29, 1.82) is 0 Å². The second-order valence-corrected chi connectivity index (χ2v) is 7.07. The van der Waals surface area contributed by atoms with Gasteiger partial charge in [0.25, 0.3) is 5.95 Å². The molecule has 0 aliphatic carbocycles. The maximum absolute atomic E-state index is 11.8. The SMILES string of the molecule is Cc1ncc(C)n2nc(C=Cc3nc(NC(=O)OC(C)(C)C)nn3C)nc12. The Balaban J connectivity index is 1.78. The molecule has 27 heavy (non-hydrogen) atoms. The van der Waals surface area contributed by atoms with E-state index >= 15 is 0 Å². The molecule has 3 heterocycles. The van der Waals surface area contributed by atoms with Crippen molar-refractivity contribution in [3.8, 4) is 0 Å². The standard InChI is InChI=1S/C17H22N8O2/c1-10-9-18-11(2)14-19-12(22-25(10)14)7-8-13-20-15(23-24(13)6)21-16(26)27-17(3,4)5/h7-9H,1-6H3,(H,21,23,26).